The predicted octanol–water partition coefficient (Wildman–Crippen LogP) is 5.29. The molecule has 2 aliphatic carbocycles. The van der Waals surface area contributed by atoms with Crippen LogP contribution in [0.15, 0.2) is 24.3 Å². The fourth-order valence-electron chi connectivity index (χ4n) is 4.18. The Morgan fingerprint density at radius 2 is 2.18 bits per heavy atom. The quantitative estimate of drug-likeness (QED) is 0.509. The molecule has 0 radical (unpaired) electrons. The topological polar surface area (TPSA) is 26.3 Å². The molecule has 2 aliphatic rings. The number of hydrogen-bond acceptors (Lipinski definition) is 2. The normalized spacial score (nSPS) is 33.0. The molecule has 0 bridgehead atoms. The summed E-state index contributed by atoms with van der Waals surface area (Å²) in [5.41, 5.74) is 2.97. The van der Waals surface area contributed by atoms with Crippen LogP contribution >= 0.6 is 0 Å². The minimum Gasteiger partial charge on any atom is -0.461 e. The smallest absolute Gasteiger partial charge is 0.308 e. The van der Waals surface area contributed by atoms with Crippen LogP contribution < -0.4 is 0 Å². The standard InChI is InChI=1S/C20H32O2/c1-6-14(2)19(21)22-13-16(4)17-9-11-20(5)10-7-8-15(3)18(20)12-17/h14,17-18H,3-4,6-13H2,1-2,5H3/t14-,17-,18+,20-/m1/s1. The molecular weight excluding hydrogens is 272 g/mol. The SMILES string of the molecule is C=C(COC(=O)[C@H](C)CC)[C@@H]1CC[C@@]2(C)CCCC(=C)[C@@H]2C1. The number of fused-ring (bicyclic) bond motifs is 1. The molecule has 0 aromatic heterocycles. The van der Waals surface area contributed by atoms with E-state index in [2.05, 4.69) is 20.1 Å². The number of allylic oxidation sites excluding steroid dienone is 1. The molecule has 0 spiro atoms. The zero-order chi connectivity index (χ0) is 16.3. The molecule has 0 aromatic rings. The van der Waals surface area contributed by atoms with E-state index in [4.69, 9.17) is 4.74 Å². The number of esters is 1. The van der Waals surface area contributed by atoms with E-state index in [1.165, 1.54) is 37.7 Å². The lowest BCUT2D eigenvalue weighted by atomic mass is 9.56. The molecule has 0 N–H and O–H groups in total. The molecule has 2 fully saturated rings. The molecule has 0 unspecified atom stereocenters. The van der Waals surface area contributed by atoms with Crippen LogP contribution in [0.25, 0.3) is 0 Å². The molecule has 0 aliphatic heterocycles. The Morgan fingerprint density at radius 1 is 1.45 bits per heavy atom. The summed E-state index contributed by atoms with van der Waals surface area (Å²) in [5, 5.41) is 0. The van der Waals surface area contributed by atoms with Crippen molar-refractivity contribution in [2.45, 2.75) is 65.7 Å². The van der Waals surface area contributed by atoms with Gasteiger partial charge in [-0.2, -0.15) is 0 Å². The first kappa shape index (κ1) is 17.3. The van der Waals surface area contributed by atoms with Crippen molar-refractivity contribution >= 4 is 5.97 Å². The summed E-state index contributed by atoms with van der Waals surface area (Å²) in [7, 11) is 0. The molecule has 0 aromatic carbocycles. The number of ether oxygens (including phenoxy) is 1. The van der Waals surface area contributed by atoms with Crippen LogP contribution in [-0.4, -0.2) is 12.6 Å². The largest absolute Gasteiger partial charge is 0.461 e. The van der Waals surface area contributed by atoms with E-state index in [1.54, 1.807) is 0 Å². The highest BCUT2D eigenvalue weighted by atomic mass is 16.5. The average molecular weight is 304 g/mol. The first-order valence-electron chi connectivity index (χ1n) is 8.89. The second-order valence-corrected chi connectivity index (χ2v) is 7.76. The van der Waals surface area contributed by atoms with Crippen molar-refractivity contribution in [1.82, 2.24) is 0 Å². The summed E-state index contributed by atoms with van der Waals surface area (Å²) in [6.45, 7) is 15.3. The van der Waals surface area contributed by atoms with Crippen LogP contribution in [0.5, 0.6) is 0 Å². The van der Waals surface area contributed by atoms with E-state index < -0.39 is 0 Å². The highest BCUT2D eigenvalue weighted by molar-refractivity contribution is 5.72. The van der Waals surface area contributed by atoms with Crippen LogP contribution in [0.3, 0.4) is 0 Å². The molecule has 22 heavy (non-hydrogen) atoms. The Balaban J connectivity index is 1.90. The van der Waals surface area contributed by atoms with Gasteiger partial charge in [0.1, 0.15) is 6.61 Å². The first-order chi connectivity index (χ1) is 10.4. The Hall–Kier alpha value is -1.05. The maximum atomic E-state index is 11.8. The Bertz CT molecular complexity index is 451. The van der Waals surface area contributed by atoms with Crippen molar-refractivity contribution in [3.8, 4) is 0 Å². The molecule has 0 heterocycles. The van der Waals surface area contributed by atoms with Gasteiger partial charge in [-0.25, -0.2) is 0 Å². The third kappa shape index (κ3) is 3.64. The molecular formula is C20H32O2. The number of carbonyl (C=O) groups is 1. The highest BCUT2D eigenvalue weighted by Gasteiger charge is 2.43. The van der Waals surface area contributed by atoms with Gasteiger partial charge in [0, 0.05) is 0 Å². The molecule has 124 valence electrons. The van der Waals surface area contributed by atoms with Gasteiger partial charge in [0.05, 0.1) is 5.92 Å². The van der Waals surface area contributed by atoms with E-state index in [1.807, 2.05) is 13.8 Å². The molecule has 2 heteroatoms. The molecule has 0 amide bonds. The summed E-state index contributed by atoms with van der Waals surface area (Å²) < 4.78 is 5.44. The van der Waals surface area contributed by atoms with Crippen molar-refractivity contribution in [2.24, 2.45) is 23.2 Å². The number of hydrogen-bond donors (Lipinski definition) is 0. The molecule has 2 rings (SSSR count). The summed E-state index contributed by atoms with van der Waals surface area (Å²) in [5.74, 6) is 1.01. The van der Waals surface area contributed by atoms with Crippen LogP contribution in [-0.2, 0) is 9.53 Å². The lowest BCUT2D eigenvalue weighted by Gasteiger charge is -2.49. The molecule has 2 nitrogen and oxygen atoms in total. The van der Waals surface area contributed by atoms with Crippen molar-refractivity contribution in [2.75, 3.05) is 6.61 Å². The van der Waals surface area contributed by atoms with Gasteiger partial charge in [0.15, 0.2) is 0 Å². The summed E-state index contributed by atoms with van der Waals surface area (Å²) in [4.78, 5) is 11.8. The predicted molar refractivity (Wildman–Crippen MR) is 91.5 cm³/mol. The number of carbonyl (C=O) groups excluding carboxylic acids is 1. The Morgan fingerprint density at radius 3 is 2.86 bits per heavy atom. The van der Waals surface area contributed by atoms with Crippen molar-refractivity contribution in [3.05, 3.63) is 24.3 Å². The lowest BCUT2D eigenvalue weighted by molar-refractivity contribution is -0.147. The van der Waals surface area contributed by atoms with E-state index in [0.717, 1.165) is 18.4 Å². The molecule has 4 atom stereocenters. The Kier molecular flexibility index (Phi) is 5.52. The van der Waals surface area contributed by atoms with Crippen LogP contribution in [0, 0.1) is 23.2 Å². The number of rotatable bonds is 5. The van der Waals surface area contributed by atoms with Gasteiger partial charge in [-0.1, -0.05) is 39.5 Å². The summed E-state index contributed by atoms with van der Waals surface area (Å²) in [6.07, 6.45) is 8.22. The fraction of sp³-hybridized carbons (Fsp3) is 0.750. The first-order valence-corrected chi connectivity index (χ1v) is 8.89. The zero-order valence-corrected chi connectivity index (χ0v) is 14.6. The van der Waals surface area contributed by atoms with E-state index >= 15 is 0 Å². The average Bonchev–Trinajstić information content (AvgIpc) is 2.51. The van der Waals surface area contributed by atoms with Crippen molar-refractivity contribution < 1.29 is 9.53 Å². The van der Waals surface area contributed by atoms with Crippen molar-refractivity contribution in [1.29, 1.82) is 0 Å². The van der Waals surface area contributed by atoms with Gasteiger partial charge in [0.2, 0.25) is 0 Å². The van der Waals surface area contributed by atoms with Crippen LogP contribution in [0.2, 0.25) is 0 Å². The van der Waals surface area contributed by atoms with Crippen LogP contribution in [0.4, 0.5) is 0 Å². The van der Waals surface area contributed by atoms with Crippen LogP contribution in [0.1, 0.15) is 65.7 Å². The maximum Gasteiger partial charge on any atom is 0.308 e. The summed E-state index contributed by atoms with van der Waals surface area (Å²) >= 11 is 0. The van der Waals surface area contributed by atoms with Gasteiger partial charge in [-0.3, -0.25) is 4.79 Å². The van der Waals surface area contributed by atoms with Gasteiger partial charge in [-0.05, 0) is 67.8 Å². The minimum atomic E-state index is -0.0913. The zero-order valence-electron chi connectivity index (χ0n) is 14.6. The molecule has 0 saturated heterocycles. The maximum absolute atomic E-state index is 11.8. The van der Waals surface area contributed by atoms with Gasteiger partial charge < -0.3 is 4.74 Å². The second-order valence-electron chi connectivity index (χ2n) is 7.76. The lowest BCUT2D eigenvalue weighted by Crippen LogP contribution is -2.38. The second kappa shape index (κ2) is 7.02. The third-order valence-electron chi connectivity index (χ3n) is 6.16. The van der Waals surface area contributed by atoms with E-state index in [9.17, 15) is 4.79 Å². The van der Waals surface area contributed by atoms with Gasteiger partial charge >= 0.3 is 5.97 Å². The minimum absolute atomic E-state index is 0.0134. The van der Waals surface area contributed by atoms with Crippen molar-refractivity contribution in [3.63, 3.8) is 0 Å². The monoisotopic (exact) mass is 304 g/mol. The highest BCUT2D eigenvalue weighted by Crippen LogP contribution is 2.54. The molecule has 2 saturated carbocycles. The van der Waals surface area contributed by atoms with E-state index in [-0.39, 0.29) is 11.9 Å². The fourth-order valence-corrected chi connectivity index (χ4v) is 4.18. The Labute approximate surface area is 136 Å². The van der Waals surface area contributed by atoms with E-state index in [0.29, 0.717) is 23.9 Å². The third-order valence-corrected chi connectivity index (χ3v) is 6.16. The van der Waals surface area contributed by atoms with Gasteiger partial charge in [-0.15, -0.1) is 0 Å². The summed E-state index contributed by atoms with van der Waals surface area (Å²) in [6, 6.07) is 0. The van der Waals surface area contributed by atoms with Gasteiger partial charge in [0.25, 0.3) is 0 Å².